The van der Waals surface area contributed by atoms with Crippen molar-refractivity contribution >= 4 is 23.9 Å². The number of hydrogen-bond acceptors (Lipinski definition) is 4. The summed E-state index contributed by atoms with van der Waals surface area (Å²) in [6.45, 7) is 0. The SMILES string of the molecule is O=Cc1cnn(-c2ncc(C(=O)O)cc2Cl)c1. The Morgan fingerprint density at radius 1 is 1.47 bits per heavy atom. The Labute approximate surface area is 100 Å². The molecule has 0 aromatic carbocycles. The Balaban J connectivity index is 2.46. The first-order valence-corrected chi connectivity index (χ1v) is 4.88. The maximum Gasteiger partial charge on any atom is 0.337 e. The fourth-order valence-electron chi connectivity index (χ4n) is 1.23. The van der Waals surface area contributed by atoms with Crippen molar-refractivity contribution in [3.8, 4) is 5.82 Å². The Morgan fingerprint density at radius 3 is 2.76 bits per heavy atom. The van der Waals surface area contributed by atoms with Gasteiger partial charge in [0, 0.05) is 12.4 Å². The van der Waals surface area contributed by atoms with Crippen LogP contribution in [0.2, 0.25) is 5.02 Å². The molecule has 0 bridgehead atoms. The summed E-state index contributed by atoms with van der Waals surface area (Å²) in [5.74, 6) is -0.843. The van der Waals surface area contributed by atoms with Gasteiger partial charge in [-0.2, -0.15) is 5.10 Å². The third-order valence-corrected chi connectivity index (χ3v) is 2.30. The summed E-state index contributed by atoms with van der Waals surface area (Å²) in [7, 11) is 0. The van der Waals surface area contributed by atoms with Crippen LogP contribution in [0.25, 0.3) is 5.82 Å². The van der Waals surface area contributed by atoms with E-state index in [2.05, 4.69) is 10.1 Å². The molecule has 2 aromatic heterocycles. The molecule has 0 unspecified atom stereocenters. The lowest BCUT2D eigenvalue weighted by molar-refractivity contribution is 0.0696. The normalized spacial score (nSPS) is 10.2. The second-order valence-corrected chi connectivity index (χ2v) is 3.58. The molecule has 2 heterocycles. The molecule has 1 N–H and O–H groups in total. The van der Waals surface area contributed by atoms with Crippen LogP contribution in [0.15, 0.2) is 24.7 Å². The minimum absolute atomic E-state index is 0.0125. The maximum absolute atomic E-state index is 10.7. The first-order chi connectivity index (χ1) is 8.11. The second kappa shape index (κ2) is 4.34. The van der Waals surface area contributed by atoms with E-state index in [0.717, 1.165) is 0 Å². The zero-order valence-corrected chi connectivity index (χ0v) is 9.13. The number of carbonyl (C=O) groups is 2. The largest absolute Gasteiger partial charge is 0.478 e. The average Bonchev–Trinajstić information content (AvgIpc) is 2.77. The number of aromatic nitrogens is 3. The van der Waals surface area contributed by atoms with Gasteiger partial charge in [0.2, 0.25) is 0 Å². The fraction of sp³-hybridized carbons (Fsp3) is 0. The number of carbonyl (C=O) groups excluding carboxylic acids is 1. The highest BCUT2D eigenvalue weighted by Gasteiger charge is 2.10. The molecular formula is C10H6ClN3O3. The molecule has 2 rings (SSSR count). The topological polar surface area (TPSA) is 85.1 Å². The molecule has 0 atom stereocenters. The van der Waals surface area contributed by atoms with Gasteiger partial charge in [-0.05, 0) is 6.07 Å². The van der Waals surface area contributed by atoms with Gasteiger partial charge in [0.05, 0.1) is 22.3 Å². The van der Waals surface area contributed by atoms with E-state index < -0.39 is 5.97 Å². The maximum atomic E-state index is 10.7. The summed E-state index contributed by atoms with van der Waals surface area (Å²) in [6.07, 6.45) is 4.62. The van der Waals surface area contributed by atoms with E-state index in [1.165, 1.54) is 29.3 Å². The standard InChI is InChI=1S/C10H6ClN3O3/c11-8-1-7(10(16)17)3-12-9(8)14-4-6(5-15)2-13-14/h1-5H,(H,16,17). The summed E-state index contributed by atoms with van der Waals surface area (Å²) >= 11 is 5.89. The first-order valence-electron chi connectivity index (χ1n) is 4.51. The highest BCUT2D eigenvalue weighted by molar-refractivity contribution is 6.32. The number of halogens is 1. The van der Waals surface area contributed by atoms with Crippen LogP contribution >= 0.6 is 11.6 Å². The van der Waals surface area contributed by atoms with Crippen LogP contribution in [0, 0.1) is 0 Å². The second-order valence-electron chi connectivity index (χ2n) is 3.17. The molecule has 0 spiro atoms. The third kappa shape index (κ3) is 2.16. The number of nitrogens with zero attached hydrogens (tertiary/aromatic N) is 3. The molecular weight excluding hydrogens is 246 g/mol. The van der Waals surface area contributed by atoms with Crippen LogP contribution in [-0.2, 0) is 0 Å². The van der Waals surface area contributed by atoms with Crippen molar-refractivity contribution in [1.29, 1.82) is 0 Å². The van der Waals surface area contributed by atoms with Gasteiger partial charge >= 0.3 is 5.97 Å². The van der Waals surface area contributed by atoms with Crippen molar-refractivity contribution in [3.63, 3.8) is 0 Å². The lowest BCUT2D eigenvalue weighted by Crippen LogP contribution is -2.03. The molecule has 0 fully saturated rings. The van der Waals surface area contributed by atoms with Crippen molar-refractivity contribution in [2.75, 3.05) is 0 Å². The van der Waals surface area contributed by atoms with Gasteiger partial charge in [0.1, 0.15) is 0 Å². The Hall–Kier alpha value is -2.21. The number of hydrogen-bond donors (Lipinski definition) is 1. The average molecular weight is 252 g/mol. The van der Waals surface area contributed by atoms with Gasteiger partial charge in [0.25, 0.3) is 0 Å². The number of aldehydes is 1. The monoisotopic (exact) mass is 251 g/mol. The molecule has 0 saturated carbocycles. The summed E-state index contributed by atoms with van der Waals surface area (Å²) in [4.78, 5) is 25.1. The number of carboxylic acids is 1. The van der Waals surface area contributed by atoms with Crippen LogP contribution in [0.1, 0.15) is 20.7 Å². The lowest BCUT2D eigenvalue weighted by Gasteiger charge is -2.03. The van der Waals surface area contributed by atoms with Crippen molar-refractivity contribution in [2.45, 2.75) is 0 Å². The Kier molecular flexibility index (Phi) is 2.88. The number of aromatic carboxylic acids is 1. The molecule has 7 heteroatoms. The van der Waals surface area contributed by atoms with E-state index in [1.54, 1.807) is 0 Å². The van der Waals surface area contributed by atoms with E-state index in [9.17, 15) is 9.59 Å². The lowest BCUT2D eigenvalue weighted by atomic mass is 10.3. The van der Waals surface area contributed by atoms with Crippen LogP contribution in [0.3, 0.4) is 0 Å². The summed E-state index contributed by atoms with van der Waals surface area (Å²) in [6, 6.07) is 1.27. The minimum atomic E-state index is -1.11. The van der Waals surface area contributed by atoms with E-state index in [4.69, 9.17) is 16.7 Å². The van der Waals surface area contributed by atoms with Gasteiger partial charge in [-0.3, -0.25) is 4.79 Å². The van der Waals surface area contributed by atoms with Crippen molar-refractivity contribution in [3.05, 3.63) is 40.8 Å². The minimum Gasteiger partial charge on any atom is -0.478 e. The van der Waals surface area contributed by atoms with Crippen molar-refractivity contribution < 1.29 is 14.7 Å². The van der Waals surface area contributed by atoms with Crippen LogP contribution in [0.4, 0.5) is 0 Å². The van der Waals surface area contributed by atoms with Crippen LogP contribution in [0.5, 0.6) is 0 Å². The van der Waals surface area contributed by atoms with Gasteiger partial charge in [-0.25, -0.2) is 14.5 Å². The molecule has 17 heavy (non-hydrogen) atoms. The van der Waals surface area contributed by atoms with Crippen molar-refractivity contribution in [2.24, 2.45) is 0 Å². The molecule has 0 aliphatic heterocycles. The third-order valence-electron chi connectivity index (χ3n) is 2.02. The van der Waals surface area contributed by atoms with Gasteiger partial charge in [-0.1, -0.05) is 11.6 Å². The molecule has 0 aliphatic rings. The number of carboxylic acid groups (broad SMARTS) is 1. The van der Waals surface area contributed by atoms with Gasteiger partial charge in [0.15, 0.2) is 12.1 Å². The van der Waals surface area contributed by atoms with Gasteiger partial charge in [-0.15, -0.1) is 0 Å². The Bertz CT molecular complexity index is 594. The zero-order valence-electron chi connectivity index (χ0n) is 8.37. The molecule has 0 amide bonds. The predicted octanol–water partition coefficient (Wildman–Crippen LogP) is 1.43. The highest BCUT2D eigenvalue weighted by Crippen LogP contribution is 2.18. The molecule has 0 saturated heterocycles. The first kappa shape index (κ1) is 11.3. The summed E-state index contributed by atoms with van der Waals surface area (Å²) in [5.41, 5.74) is 0.367. The zero-order chi connectivity index (χ0) is 12.4. The van der Waals surface area contributed by atoms with Gasteiger partial charge < -0.3 is 5.11 Å². The number of pyridine rings is 1. The van der Waals surface area contributed by atoms with E-state index in [0.29, 0.717) is 11.8 Å². The molecule has 86 valence electrons. The fourth-order valence-corrected chi connectivity index (χ4v) is 1.48. The molecule has 2 aromatic rings. The summed E-state index contributed by atoms with van der Waals surface area (Å²) < 4.78 is 1.30. The summed E-state index contributed by atoms with van der Waals surface area (Å²) in [5, 5.41) is 12.8. The smallest absolute Gasteiger partial charge is 0.337 e. The highest BCUT2D eigenvalue weighted by atomic mass is 35.5. The molecule has 0 radical (unpaired) electrons. The predicted molar refractivity (Wildman–Crippen MR) is 58.7 cm³/mol. The van der Waals surface area contributed by atoms with E-state index in [1.807, 2.05) is 0 Å². The van der Waals surface area contributed by atoms with Crippen LogP contribution in [-0.4, -0.2) is 32.1 Å². The Morgan fingerprint density at radius 2 is 2.24 bits per heavy atom. The quantitative estimate of drug-likeness (QED) is 0.834. The van der Waals surface area contributed by atoms with Crippen molar-refractivity contribution in [1.82, 2.24) is 14.8 Å². The van der Waals surface area contributed by atoms with E-state index in [-0.39, 0.29) is 16.4 Å². The van der Waals surface area contributed by atoms with E-state index >= 15 is 0 Å². The molecule has 6 nitrogen and oxygen atoms in total. The van der Waals surface area contributed by atoms with Crippen LogP contribution < -0.4 is 0 Å². The molecule has 0 aliphatic carbocycles. The number of rotatable bonds is 3.